The number of nitrogens with one attached hydrogen (secondary N) is 2. The second-order valence-electron chi connectivity index (χ2n) is 6.98. The average molecular weight is 496 g/mol. The van der Waals surface area contributed by atoms with Crippen LogP contribution in [-0.4, -0.2) is 33.8 Å². The SMILES string of the molecule is C=CCNC(=NCc1nnc(C)n1C)NCCCc1ccc(C(C)C)cc1.I. The zero-order valence-corrected chi connectivity index (χ0v) is 19.7. The van der Waals surface area contributed by atoms with Crippen molar-refractivity contribution in [3.8, 4) is 0 Å². The predicted octanol–water partition coefficient (Wildman–Crippen LogP) is 3.72. The van der Waals surface area contributed by atoms with Gasteiger partial charge in [-0.15, -0.1) is 40.8 Å². The van der Waals surface area contributed by atoms with Gasteiger partial charge in [0, 0.05) is 20.1 Å². The molecule has 0 atom stereocenters. The van der Waals surface area contributed by atoms with Crippen molar-refractivity contribution < 1.29 is 0 Å². The number of aromatic nitrogens is 3. The lowest BCUT2D eigenvalue weighted by Crippen LogP contribution is -2.38. The van der Waals surface area contributed by atoms with Gasteiger partial charge in [-0.2, -0.15) is 0 Å². The summed E-state index contributed by atoms with van der Waals surface area (Å²) in [5, 5.41) is 14.9. The zero-order valence-electron chi connectivity index (χ0n) is 17.4. The van der Waals surface area contributed by atoms with E-state index in [1.807, 2.05) is 24.6 Å². The highest BCUT2D eigenvalue weighted by molar-refractivity contribution is 14.0. The van der Waals surface area contributed by atoms with Gasteiger partial charge in [0.05, 0.1) is 0 Å². The Balaban J connectivity index is 0.00000392. The summed E-state index contributed by atoms with van der Waals surface area (Å²) < 4.78 is 1.95. The maximum Gasteiger partial charge on any atom is 0.191 e. The fraction of sp³-hybridized carbons (Fsp3) is 0.476. The van der Waals surface area contributed by atoms with Crippen molar-refractivity contribution in [2.24, 2.45) is 12.0 Å². The number of aliphatic imine (C=N–C) groups is 1. The van der Waals surface area contributed by atoms with Gasteiger partial charge in [0.1, 0.15) is 12.4 Å². The van der Waals surface area contributed by atoms with Crippen LogP contribution in [0.25, 0.3) is 0 Å². The molecule has 154 valence electrons. The highest BCUT2D eigenvalue weighted by Crippen LogP contribution is 2.15. The summed E-state index contributed by atoms with van der Waals surface area (Å²) in [7, 11) is 1.95. The van der Waals surface area contributed by atoms with Crippen LogP contribution in [0.4, 0.5) is 0 Å². The van der Waals surface area contributed by atoms with Gasteiger partial charge in [0.2, 0.25) is 0 Å². The smallest absolute Gasteiger partial charge is 0.191 e. The lowest BCUT2D eigenvalue weighted by atomic mass is 10.0. The van der Waals surface area contributed by atoms with E-state index < -0.39 is 0 Å². The quantitative estimate of drug-likeness (QED) is 0.183. The van der Waals surface area contributed by atoms with Crippen molar-refractivity contribution in [1.29, 1.82) is 0 Å². The Bertz CT molecular complexity index is 749. The van der Waals surface area contributed by atoms with Crippen molar-refractivity contribution in [1.82, 2.24) is 25.4 Å². The van der Waals surface area contributed by atoms with E-state index in [0.29, 0.717) is 19.0 Å². The minimum absolute atomic E-state index is 0. The third-order valence-corrected chi connectivity index (χ3v) is 4.56. The topological polar surface area (TPSA) is 67.1 Å². The highest BCUT2D eigenvalue weighted by atomic mass is 127. The Hall–Kier alpha value is -1.90. The zero-order chi connectivity index (χ0) is 19.6. The third-order valence-electron chi connectivity index (χ3n) is 4.56. The van der Waals surface area contributed by atoms with Gasteiger partial charge >= 0.3 is 0 Å². The molecule has 7 heteroatoms. The Labute approximate surface area is 186 Å². The molecule has 0 aliphatic carbocycles. The van der Waals surface area contributed by atoms with Crippen LogP contribution in [-0.2, 0) is 20.0 Å². The first-order valence-electron chi connectivity index (χ1n) is 9.58. The molecule has 2 N–H and O–H groups in total. The molecule has 0 aliphatic heterocycles. The number of aryl methyl sites for hydroxylation is 2. The third kappa shape index (κ3) is 7.61. The molecule has 0 saturated heterocycles. The fourth-order valence-electron chi connectivity index (χ4n) is 2.65. The first-order chi connectivity index (χ1) is 13.0. The number of rotatable bonds is 9. The second-order valence-corrected chi connectivity index (χ2v) is 6.98. The fourth-order valence-corrected chi connectivity index (χ4v) is 2.65. The van der Waals surface area contributed by atoms with Crippen LogP contribution in [0.15, 0.2) is 41.9 Å². The summed E-state index contributed by atoms with van der Waals surface area (Å²) >= 11 is 0. The van der Waals surface area contributed by atoms with Crippen LogP contribution in [0.2, 0.25) is 0 Å². The number of halogens is 1. The number of guanidine groups is 1. The summed E-state index contributed by atoms with van der Waals surface area (Å²) in [4.78, 5) is 4.60. The molecular weight excluding hydrogens is 463 g/mol. The molecule has 1 aromatic heterocycles. The maximum atomic E-state index is 4.60. The molecule has 0 fully saturated rings. The monoisotopic (exact) mass is 496 g/mol. The summed E-state index contributed by atoms with van der Waals surface area (Å²) in [5.41, 5.74) is 2.76. The van der Waals surface area contributed by atoms with Crippen LogP contribution in [0, 0.1) is 6.92 Å². The Morgan fingerprint density at radius 1 is 1.21 bits per heavy atom. The summed E-state index contributed by atoms with van der Waals surface area (Å²) in [6.45, 7) is 12.1. The van der Waals surface area contributed by atoms with Gasteiger partial charge in [0.25, 0.3) is 0 Å². The Morgan fingerprint density at radius 3 is 2.50 bits per heavy atom. The molecule has 2 aromatic rings. The molecule has 2 rings (SSSR count). The number of benzene rings is 1. The molecule has 28 heavy (non-hydrogen) atoms. The minimum Gasteiger partial charge on any atom is -0.356 e. The van der Waals surface area contributed by atoms with Crippen LogP contribution >= 0.6 is 24.0 Å². The van der Waals surface area contributed by atoms with E-state index in [0.717, 1.165) is 37.0 Å². The van der Waals surface area contributed by atoms with Crippen molar-refractivity contribution in [3.63, 3.8) is 0 Å². The lowest BCUT2D eigenvalue weighted by molar-refractivity contribution is 0.734. The predicted molar refractivity (Wildman–Crippen MR) is 127 cm³/mol. The van der Waals surface area contributed by atoms with Crippen LogP contribution in [0.3, 0.4) is 0 Å². The van der Waals surface area contributed by atoms with Crippen molar-refractivity contribution in [2.75, 3.05) is 13.1 Å². The van der Waals surface area contributed by atoms with Crippen LogP contribution in [0.5, 0.6) is 0 Å². The van der Waals surface area contributed by atoms with E-state index in [1.54, 1.807) is 0 Å². The van der Waals surface area contributed by atoms with Gasteiger partial charge in [-0.3, -0.25) is 0 Å². The Morgan fingerprint density at radius 2 is 1.93 bits per heavy atom. The van der Waals surface area contributed by atoms with Gasteiger partial charge in [-0.05, 0) is 36.8 Å². The summed E-state index contributed by atoms with van der Waals surface area (Å²) in [5.74, 6) is 3.08. The normalized spacial score (nSPS) is 11.2. The number of hydrogen-bond acceptors (Lipinski definition) is 3. The molecule has 0 saturated carbocycles. The van der Waals surface area contributed by atoms with Crippen molar-refractivity contribution in [3.05, 3.63) is 59.7 Å². The molecule has 6 nitrogen and oxygen atoms in total. The van der Waals surface area contributed by atoms with Crippen LogP contribution < -0.4 is 10.6 Å². The second kappa shape index (κ2) is 12.5. The first kappa shape index (κ1) is 24.1. The maximum absolute atomic E-state index is 4.60. The van der Waals surface area contributed by atoms with Crippen molar-refractivity contribution >= 4 is 29.9 Å². The number of nitrogens with zero attached hydrogens (tertiary/aromatic N) is 4. The van der Waals surface area contributed by atoms with E-state index in [9.17, 15) is 0 Å². The van der Waals surface area contributed by atoms with E-state index in [2.05, 4.69) is 70.5 Å². The highest BCUT2D eigenvalue weighted by Gasteiger charge is 2.05. The first-order valence-corrected chi connectivity index (χ1v) is 9.58. The molecule has 1 aromatic carbocycles. The molecule has 0 amide bonds. The van der Waals surface area contributed by atoms with E-state index in [4.69, 9.17) is 0 Å². The number of hydrogen-bond donors (Lipinski definition) is 2. The minimum atomic E-state index is 0. The summed E-state index contributed by atoms with van der Waals surface area (Å²) in [6, 6.07) is 8.93. The van der Waals surface area contributed by atoms with Gasteiger partial charge < -0.3 is 15.2 Å². The molecule has 0 aliphatic rings. The molecular formula is C21H33IN6. The van der Waals surface area contributed by atoms with Gasteiger partial charge in [-0.25, -0.2) is 4.99 Å². The standard InChI is InChI=1S/C21H32N6.HI/c1-6-13-22-21(24-15-20-26-25-17(4)27(20)5)23-14-7-8-18-9-11-19(12-10-18)16(2)3;/h6,9-12,16H,1,7-8,13-15H2,2-5H3,(H2,22,23,24);1H. The van der Waals surface area contributed by atoms with E-state index >= 15 is 0 Å². The van der Waals surface area contributed by atoms with Crippen molar-refractivity contribution in [2.45, 2.75) is 46.1 Å². The molecule has 1 heterocycles. The van der Waals surface area contributed by atoms with Crippen LogP contribution in [0.1, 0.15) is 49.0 Å². The van der Waals surface area contributed by atoms with Gasteiger partial charge in [-0.1, -0.05) is 44.2 Å². The average Bonchev–Trinajstić information content (AvgIpc) is 2.99. The molecule has 0 unspecified atom stereocenters. The Kier molecular flexibility index (Phi) is 10.8. The molecule has 0 bridgehead atoms. The van der Waals surface area contributed by atoms with Gasteiger partial charge in [0.15, 0.2) is 11.8 Å². The molecule has 0 radical (unpaired) electrons. The van der Waals surface area contributed by atoms with E-state index in [-0.39, 0.29) is 24.0 Å². The van der Waals surface area contributed by atoms with E-state index in [1.165, 1.54) is 11.1 Å². The lowest BCUT2D eigenvalue weighted by Gasteiger charge is -2.12. The summed E-state index contributed by atoms with van der Waals surface area (Å²) in [6.07, 6.45) is 3.90. The largest absolute Gasteiger partial charge is 0.356 e. The molecule has 0 spiro atoms.